The Kier molecular flexibility index (Phi) is 5.59. The Hall–Kier alpha value is -1.58. The molecule has 21 heavy (non-hydrogen) atoms. The lowest BCUT2D eigenvalue weighted by atomic mass is 10.2. The number of benzene rings is 2. The van der Waals surface area contributed by atoms with Crippen molar-refractivity contribution in [3.8, 4) is 5.75 Å². The molecule has 0 radical (unpaired) electrons. The third-order valence-electron chi connectivity index (χ3n) is 3.01. The van der Waals surface area contributed by atoms with Gasteiger partial charge in [-0.3, -0.25) is 0 Å². The molecule has 2 nitrogen and oxygen atoms in total. The van der Waals surface area contributed by atoms with E-state index in [1.54, 1.807) is 6.07 Å². The first kappa shape index (κ1) is 15.8. The summed E-state index contributed by atoms with van der Waals surface area (Å²) in [4.78, 5) is 0. The van der Waals surface area contributed by atoms with Crippen LogP contribution in [0.3, 0.4) is 0 Å². The van der Waals surface area contributed by atoms with Crippen molar-refractivity contribution in [3.63, 3.8) is 0 Å². The van der Waals surface area contributed by atoms with Crippen LogP contribution < -0.4 is 10.1 Å². The van der Waals surface area contributed by atoms with Crippen LogP contribution in [-0.2, 0) is 13.2 Å². The van der Waals surface area contributed by atoms with Crippen molar-refractivity contribution in [1.29, 1.82) is 0 Å². The Balaban J connectivity index is 1.99. The van der Waals surface area contributed by atoms with Crippen molar-refractivity contribution >= 4 is 11.6 Å². The standard InChI is InChI=1S/C17H19ClFNO/c1-12(2)20-10-13-4-3-5-16(8-13)21-11-14-9-15(18)6-7-17(14)19/h3-9,12,20H,10-11H2,1-2H3. The first-order valence-corrected chi connectivity index (χ1v) is 7.31. The van der Waals surface area contributed by atoms with Crippen LogP contribution in [0.15, 0.2) is 42.5 Å². The minimum absolute atomic E-state index is 0.160. The van der Waals surface area contributed by atoms with Gasteiger partial charge in [0.15, 0.2) is 0 Å². The van der Waals surface area contributed by atoms with E-state index < -0.39 is 0 Å². The molecule has 0 unspecified atom stereocenters. The van der Waals surface area contributed by atoms with Crippen LogP contribution in [0.1, 0.15) is 25.0 Å². The van der Waals surface area contributed by atoms with Crippen molar-refractivity contribution in [1.82, 2.24) is 5.32 Å². The van der Waals surface area contributed by atoms with Crippen molar-refractivity contribution in [3.05, 3.63) is 64.4 Å². The molecule has 0 amide bonds. The van der Waals surface area contributed by atoms with Crippen molar-refractivity contribution in [2.24, 2.45) is 0 Å². The van der Waals surface area contributed by atoms with E-state index in [9.17, 15) is 4.39 Å². The molecule has 2 aromatic carbocycles. The summed E-state index contributed by atoms with van der Waals surface area (Å²) in [5.74, 6) is 0.412. The summed E-state index contributed by atoms with van der Waals surface area (Å²) in [5.41, 5.74) is 1.58. The third kappa shape index (κ3) is 5.03. The first-order valence-electron chi connectivity index (χ1n) is 6.93. The maximum absolute atomic E-state index is 13.6. The van der Waals surface area contributed by atoms with Crippen molar-refractivity contribution < 1.29 is 9.13 Å². The smallest absolute Gasteiger partial charge is 0.129 e. The number of hydrogen-bond acceptors (Lipinski definition) is 2. The molecule has 0 aromatic heterocycles. The van der Waals surface area contributed by atoms with Gasteiger partial charge in [-0.05, 0) is 35.9 Å². The molecule has 0 aliphatic rings. The van der Waals surface area contributed by atoms with Crippen LogP contribution in [0, 0.1) is 5.82 Å². The maximum atomic E-state index is 13.6. The Morgan fingerprint density at radius 2 is 2.00 bits per heavy atom. The van der Waals surface area contributed by atoms with Crippen LogP contribution in [0.25, 0.3) is 0 Å². The summed E-state index contributed by atoms with van der Waals surface area (Å²) in [7, 11) is 0. The largest absolute Gasteiger partial charge is 0.489 e. The normalized spacial score (nSPS) is 10.9. The van der Waals surface area contributed by atoms with E-state index in [2.05, 4.69) is 19.2 Å². The zero-order valence-corrected chi connectivity index (χ0v) is 13.0. The molecule has 0 saturated carbocycles. The SMILES string of the molecule is CC(C)NCc1cccc(OCc2cc(Cl)ccc2F)c1. The molecule has 2 aromatic rings. The topological polar surface area (TPSA) is 21.3 Å². The lowest BCUT2D eigenvalue weighted by Crippen LogP contribution is -2.21. The average Bonchev–Trinajstić information content (AvgIpc) is 2.46. The summed E-state index contributed by atoms with van der Waals surface area (Å²) in [6.07, 6.45) is 0. The predicted octanol–water partition coefficient (Wildman–Crippen LogP) is 4.56. The number of halogens is 2. The molecule has 0 fully saturated rings. The second kappa shape index (κ2) is 7.43. The quantitative estimate of drug-likeness (QED) is 0.845. The Morgan fingerprint density at radius 3 is 2.76 bits per heavy atom. The van der Waals surface area contributed by atoms with Crippen LogP contribution >= 0.6 is 11.6 Å². The van der Waals surface area contributed by atoms with Gasteiger partial charge in [0.25, 0.3) is 0 Å². The zero-order chi connectivity index (χ0) is 15.2. The molecule has 0 aliphatic heterocycles. The van der Waals surface area contributed by atoms with E-state index in [1.807, 2.05) is 24.3 Å². The fraction of sp³-hybridized carbons (Fsp3) is 0.294. The number of hydrogen-bond donors (Lipinski definition) is 1. The predicted molar refractivity (Wildman–Crippen MR) is 84.2 cm³/mol. The van der Waals surface area contributed by atoms with Gasteiger partial charge >= 0.3 is 0 Å². The molecular formula is C17H19ClFNO. The molecule has 112 valence electrons. The second-order valence-corrected chi connectivity index (χ2v) is 5.64. The van der Waals surface area contributed by atoms with Crippen LogP contribution in [0.5, 0.6) is 5.75 Å². The van der Waals surface area contributed by atoms with Gasteiger partial charge in [-0.25, -0.2) is 4.39 Å². The zero-order valence-electron chi connectivity index (χ0n) is 12.2. The fourth-order valence-corrected chi connectivity index (χ4v) is 2.08. The lowest BCUT2D eigenvalue weighted by Gasteiger charge is -2.11. The van der Waals surface area contributed by atoms with Crippen molar-refractivity contribution in [2.45, 2.75) is 33.0 Å². The monoisotopic (exact) mass is 307 g/mol. The average molecular weight is 308 g/mol. The van der Waals surface area contributed by atoms with E-state index in [0.29, 0.717) is 16.6 Å². The van der Waals surface area contributed by atoms with Crippen LogP contribution in [0.2, 0.25) is 5.02 Å². The van der Waals surface area contributed by atoms with Gasteiger partial charge in [-0.15, -0.1) is 0 Å². The van der Waals surface area contributed by atoms with Gasteiger partial charge in [0.05, 0.1) is 0 Å². The fourth-order valence-electron chi connectivity index (χ4n) is 1.88. The van der Waals surface area contributed by atoms with Gasteiger partial charge in [-0.2, -0.15) is 0 Å². The highest BCUT2D eigenvalue weighted by atomic mass is 35.5. The highest BCUT2D eigenvalue weighted by Crippen LogP contribution is 2.19. The van der Waals surface area contributed by atoms with Gasteiger partial charge in [-0.1, -0.05) is 37.6 Å². The summed E-state index contributed by atoms with van der Waals surface area (Å²) >= 11 is 5.86. The van der Waals surface area contributed by atoms with Gasteiger partial charge < -0.3 is 10.1 Å². The van der Waals surface area contributed by atoms with Gasteiger partial charge in [0.1, 0.15) is 18.2 Å². The molecule has 0 spiro atoms. The first-order chi connectivity index (χ1) is 10.0. The summed E-state index contributed by atoms with van der Waals surface area (Å²) in [6.45, 7) is 5.14. The molecule has 0 aliphatic carbocycles. The minimum atomic E-state index is -0.308. The summed E-state index contributed by atoms with van der Waals surface area (Å²) < 4.78 is 19.3. The number of rotatable bonds is 6. The Bertz CT molecular complexity index is 601. The lowest BCUT2D eigenvalue weighted by molar-refractivity contribution is 0.299. The van der Waals surface area contributed by atoms with Gasteiger partial charge in [0, 0.05) is 23.2 Å². The third-order valence-corrected chi connectivity index (χ3v) is 3.25. The Morgan fingerprint density at radius 1 is 1.19 bits per heavy atom. The summed E-state index contributed by atoms with van der Waals surface area (Å²) in [6, 6.07) is 12.7. The maximum Gasteiger partial charge on any atom is 0.129 e. The minimum Gasteiger partial charge on any atom is -0.489 e. The van der Waals surface area contributed by atoms with E-state index in [1.165, 1.54) is 12.1 Å². The molecule has 1 N–H and O–H groups in total. The van der Waals surface area contributed by atoms with E-state index >= 15 is 0 Å². The molecule has 4 heteroatoms. The highest BCUT2D eigenvalue weighted by Gasteiger charge is 2.05. The van der Waals surface area contributed by atoms with E-state index in [-0.39, 0.29) is 12.4 Å². The molecule has 0 bridgehead atoms. The molecule has 0 heterocycles. The van der Waals surface area contributed by atoms with Crippen molar-refractivity contribution in [2.75, 3.05) is 0 Å². The molecular weight excluding hydrogens is 289 g/mol. The van der Waals surface area contributed by atoms with Gasteiger partial charge in [0.2, 0.25) is 0 Å². The van der Waals surface area contributed by atoms with E-state index in [0.717, 1.165) is 17.9 Å². The number of nitrogens with one attached hydrogen (secondary N) is 1. The Labute approximate surface area is 129 Å². The van der Waals surface area contributed by atoms with Crippen LogP contribution in [-0.4, -0.2) is 6.04 Å². The summed E-state index contributed by atoms with van der Waals surface area (Å²) in [5, 5.41) is 3.85. The number of ether oxygens (including phenoxy) is 1. The molecule has 0 saturated heterocycles. The second-order valence-electron chi connectivity index (χ2n) is 5.21. The van der Waals surface area contributed by atoms with E-state index in [4.69, 9.17) is 16.3 Å². The molecule has 0 atom stereocenters. The molecule has 2 rings (SSSR count). The van der Waals surface area contributed by atoms with Crippen LogP contribution in [0.4, 0.5) is 4.39 Å². The highest BCUT2D eigenvalue weighted by molar-refractivity contribution is 6.30.